The summed E-state index contributed by atoms with van der Waals surface area (Å²) in [7, 11) is 5.27. The lowest BCUT2D eigenvalue weighted by molar-refractivity contribution is -0.339. The number of aliphatic hydroxyl groups excluding tert-OH is 3. The SMILES string of the molecule is CC[C@H]1OC(=O)[C@H](C)[C@H](O[C@H]2C[C@@](C)(OC)[C@@H](O)[C@H](C)O2)[C@H](C)[C@@H](O[C@@H]2O[C@H](C)C[C@H](N(C)C)[C@H]2O)[C@]2(C)C[C@@H](C)[C@](O)(O2)[C@H](C)[C@@H](O)[C@]1(C)O. The molecule has 0 amide bonds. The van der Waals surface area contributed by atoms with Crippen LogP contribution in [0.25, 0.3) is 0 Å². The lowest BCUT2D eigenvalue weighted by Crippen LogP contribution is -2.61. The highest BCUT2D eigenvalue weighted by molar-refractivity contribution is 5.73. The van der Waals surface area contributed by atoms with Gasteiger partial charge in [0.25, 0.3) is 0 Å². The monoisotopic (exact) mass is 733 g/mol. The van der Waals surface area contributed by atoms with Crippen LogP contribution in [0.3, 0.4) is 0 Å². The summed E-state index contributed by atoms with van der Waals surface area (Å²) in [6.07, 6.45) is -8.51. The van der Waals surface area contributed by atoms with Crippen molar-refractivity contribution in [3.63, 3.8) is 0 Å². The molecule has 19 atom stereocenters. The molecule has 0 aliphatic carbocycles. The van der Waals surface area contributed by atoms with Crippen LogP contribution in [0.5, 0.6) is 0 Å². The predicted molar refractivity (Wildman–Crippen MR) is 185 cm³/mol. The molecule has 14 heteroatoms. The van der Waals surface area contributed by atoms with Crippen molar-refractivity contribution < 1.29 is 63.5 Å². The maximum atomic E-state index is 14.1. The van der Waals surface area contributed by atoms with Crippen LogP contribution in [-0.2, 0) is 38.0 Å². The summed E-state index contributed by atoms with van der Waals surface area (Å²) in [5.41, 5.74) is -4.27. The lowest BCUT2D eigenvalue weighted by Gasteiger charge is -2.49. The van der Waals surface area contributed by atoms with Crippen molar-refractivity contribution in [2.45, 2.75) is 185 Å². The van der Waals surface area contributed by atoms with Crippen LogP contribution in [0.2, 0.25) is 0 Å². The normalized spacial score (nSPS) is 53.2. The maximum absolute atomic E-state index is 14.1. The van der Waals surface area contributed by atoms with Gasteiger partial charge in [-0.2, -0.15) is 0 Å². The summed E-state index contributed by atoms with van der Waals surface area (Å²) in [5.74, 6) is -5.92. The number of likely N-dealkylation sites (N-methyl/N-ethyl adjacent to an activating group) is 1. The van der Waals surface area contributed by atoms with Gasteiger partial charge in [0.1, 0.15) is 23.9 Å². The molecule has 0 aromatic heterocycles. The number of rotatable bonds is 7. The number of aliphatic hydroxyl groups is 5. The first-order valence-corrected chi connectivity index (χ1v) is 18.7. The standard InChI is InChI=1S/C37H67NO13/c1-14-25-36(10,43)29(40)22(6)37(44)18(2)16-35(9,51-37)31(50-33-27(39)24(38(11)12)15-19(3)46-33)20(4)28(21(5)32(42)48-25)49-26-17-34(8,45-13)30(41)23(7)47-26/h18-31,33,39-41,43-44H,14-17H2,1-13H3/t18-,19-,20+,21-,22-,23+,24+,25-,26+,27-,28-,29-,30+,31-,33+,34-,35+,36-,37+/m1/s1. The molecule has 0 saturated carbocycles. The lowest BCUT2D eigenvalue weighted by atomic mass is 9.75. The molecule has 4 fully saturated rings. The molecule has 14 nitrogen and oxygen atoms in total. The first-order chi connectivity index (χ1) is 23.5. The van der Waals surface area contributed by atoms with E-state index in [0.717, 1.165) is 0 Å². The number of carbonyl (C=O) groups is 1. The van der Waals surface area contributed by atoms with Gasteiger partial charge >= 0.3 is 5.97 Å². The number of carbonyl (C=O) groups excluding carboxylic acids is 1. The van der Waals surface area contributed by atoms with Crippen LogP contribution in [0.4, 0.5) is 0 Å². The first kappa shape index (κ1) is 42.7. The Kier molecular flexibility index (Phi) is 13.1. The minimum absolute atomic E-state index is 0.137. The van der Waals surface area contributed by atoms with Crippen LogP contribution in [-0.4, -0.2) is 148 Å². The molecule has 0 aromatic carbocycles. The Balaban J connectivity index is 1.87. The fourth-order valence-electron chi connectivity index (χ4n) is 9.17. The van der Waals surface area contributed by atoms with E-state index in [4.69, 9.17) is 33.2 Å². The van der Waals surface area contributed by atoms with Crippen LogP contribution < -0.4 is 0 Å². The Bertz CT molecular complexity index is 1190. The van der Waals surface area contributed by atoms with Gasteiger partial charge in [-0.05, 0) is 74.9 Å². The number of hydrogen-bond donors (Lipinski definition) is 5. The van der Waals surface area contributed by atoms with E-state index in [1.54, 1.807) is 41.5 Å². The number of nitrogens with zero attached hydrogens (tertiary/aromatic N) is 1. The van der Waals surface area contributed by atoms with Gasteiger partial charge in [0.15, 0.2) is 18.4 Å². The predicted octanol–water partition coefficient (Wildman–Crippen LogP) is 1.94. The van der Waals surface area contributed by atoms with E-state index in [0.29, 0.717) is 6.42 Å². The fourth-order valence-corrected chi connectivity index (χ4v) is 9.17. The molecule has 4 aliphatic rings. The Morgan fingerprint density at radius 3 is 2.12 bits per heavy atom. The van der Waals surface area contributed by atoms with E-state index >= 15 is 0 Å². The summed E-state index contributed by atoms with van der Waals surface area (Å²) < 4.78 is 44.4. The molecule has 0 aromatic rings. The molecule has 4 heterocycles. The summed E-state index contributed by atoms with van der Waals surface area (Å²) in [6, 6.07) is -0.281. The van der Waals surface area contributed by atoms with Crippen molar-refractivity contribution in [2.75, 3.05) is 21.2 Å². The minimum Gasteiger partial charge on any atom is -0.459 e. The molecule has 5 N–H and O–H groups in total. The first-order valence-electron chi connectivity index (χ1n) is 18.7. The largest absolute Gasteiger partial charge is 0.459 e. The van der Waals surface area contributed by atoms with Crippen molar-refractivity contribution in [3.05, 3.63) is 0 Å². The maximum Gasteiger partial charge on any atom is 0.311 e. The summed E-state index contributed by atoms with van der Waals surface area (Å²) in [5, 5.41) is 58.2. The zero-order valence-corrected chi connectivity index (χ0v) is 32.9. The van der Waals surface area contributed by atoms with E-state index < -0.39 is 108 Å². The van der Waals surface area contributed by atoms with Crippen LogP contribution in [0.15, 0.2) is 0 Å². The highest BCUT2D eigenvalue weighted by atomic mass is 16.7. The highest BCUT2D eigenvalue weighted by Gasteiger charge is 2.63. The molecule has 0 spiro atoms. The molecular formula is C37H67NO13. The van der Waals surface area contributed by atoms with Crippen molar-refractivity contribution in [1.29, 1.82) is 0 Å². The van der Waals surface area contributed by atoms with Gasteiger partial charge in [-0.15, -0.1) is 0 Å². The average molecular weight is 734 g/mol. The van der Waals surface area contributed by atoms with E-state index in [1.165, 1.54) is 14.0 Å². The van der Waals surface area contributed by atoms with Gasteiger partial charge in [-0.25, -0.2) is 0 Å². The minimum atomic E-state index is -1.97. The Morgan fingerprint density at radius 1 is 0.922 bits per heavy atom. The smallest absolute Gasteiger partial charge is 0.311 e. The van der Waals surface area contributed by atoms with Gasteiger partial charge in [-0.3, -0.25) is 4.79 Å². The second-order valence-electron chi connectivity index (χ2n) is 16.9. The van der Waals surface area contributed by atoms with E-state index in [2.05, 4.69) is 0 Å². The number of hydrogen-bond acceptors (Lipinski definition) is 14. The second kappa shape index (κ2) is 15.6. The molecule has 2 bridgehead atoms. The average Bonchev–Trinajstić information content (AvgIpc) is 3.31. The number of esters is 1. The quantitative estimate of drug-likeness (QED) is 0.239. The Hall–Kier alpha value is -1.01. The molecule has 0 radical (unpaired) electrons. The summed E-state index contributed by atoms with van der Waals surface area (Å²) in [6.45, 7) is 17.2. The third kappa shape index (κ3) is 8.04. The second-order valence-corrected chi connectivity index (χ2v) is 16.9. The molecule has 4 saturated heterocycles. The van der Waals surface area contributed by atoms with Crippen molar-refractivity contribution in [3.8, 4) is 0 Å². The molecular weight excluding hydrogens is 666 g/mol. The number of cyclic esters (lactones) is 1. The van der Waals surface area contributed by atoms with E-state index in [1.807, 2.05) is 39.8 Å². The number of fused-ring (bicyclic) bond motifs is 2. The van der Waals surface area contributed by atoms with Crippen LogP contribution in [0, 0.1) is 23.7 Å². The topological polar surface area (TPSA) is 186 Å². The number of ether oxygens (including phenoxy) is 7. The van der Waals surface area contributed by atoms with Crippen molar-refractivity contribution >= 4 is 5.97 Å². The molecule has 4 aliphatic heterocycles. The van der Waals surface area contributed by atoms with Gasteiger partial charge < -0.3 is 63.6 Å². The zero-order chi connectivity index (χ0) is 38.6. The molecule has 0 unspecified atom stereocenters. The number of methoxy groups -OCH3 is 1. The Morgan fingerprint density at radius 2 is 1.55 bits per heavy atom. The highest BCUT2D eigenvalue weighted by Crippen LogP contribution is 2.52. The van der Waals surface area contributed by atoms with E-state index in [-0.39, 0.29) is 31.4 Å². The van der Waals surface area contributed by atoms with Crippen molar-refractivity contribution in [1.82, 2.24) is 4.90 Å². The van der Waals surface area contributed by atoms with E-state index in [9.17, 15) is 30.3 Å². The van der Waals surface area contributed by atoms with Crippen LogP contribution >= 0.6 is 0 Å². The zero-order valence-electron chi connectivity index (χ0n) is 32.9. The molecule has 4 rings (SSSR count). The van der Waals surface area contributed by atoms with Gasteiger partial charge in [0.2, 0.25) is 0 Å². The van der Waals surface area contributed by atoms with Crippen molar-refractivity contribution in [2.24, 2.45) is 23.7 Å². The molecule has 51 heavy (non-hydrogen) atoms. The summed E-state index contributed by atoms with van der Waals surface area (Å²) in [4.78, 5) is 16.1. The third-order valence-corrected chi connectivity index (χ3v) is 12.6. The third-order valence-electron chi connectivity index (χ3n) is 12.6. The Labute approximate surface area is 304 Å². The van der Waals surface area contributed by atoms with Gasteiger partial charge in [0.05, 0.1) is 47.6 Å². The summed E-state index contributed by atoms with van der Waals surface area (Å²) >= 11 is 0. The van der Waals surface area contributed by atoms with Crippen LogP contribution in [0.1, 0.15) is 94.9 Å². The molecule has 298 valence electrons. The van der Waals surface area contributed by atoms with Gasteiger partial charge in [0, 0.05) is 37.3 Å². The fraction of sp³-hybridized carbons (Fsp3) is 0.973. The van der Waals surface area contributed by atoms with Gasteiger partial charge in [-0.1, -0.05) is 27.7 Å².